The SMILES string of the molecule is COc1cc(Cl)ccc1C(=O)N(c1ccccc1)C(C)C. The molecule has 3 nitrogen and oxygen atoms in total. The van der Waals surface area contributed by atoms with E-state index in [-0.39, 0.29) is 11.9 Å². The van der Waals surface area contributed by atoms with Gasteiger partial charge in [0.15, 0.2) is 0 Å². The molecule has 0 aromatic heterocycles. The van der Waals surface area contributed by atoms with Crippen LogP contribution < -0.4 is 9.64 Å². The van der Waals surface area contributed by atoms with Gasteiger partial charge < -0.3 is 9.64 Å². The maximum Gasteiger partial charge on any atom is 0.262 e. The number of rotatable bonds is 4. The molecular formula is C17H18ClNO2. The minimum absolute atomic E-state index is 0.0280. The van der Waals surface area contributed by atoms with E-state index in [2.05, 4.69) is 0 Å². The van der Waals surface area contributed by atoms with E-state index in [4.69, 9.17) is 16.3 Å². The molecule has 0 fully saturated rings. The molecule has 0 radical (unpaired) electrons. The van der Waals surface area contributed by atoms with Gasteiger partial charge in [-0.05, 0) is 44.2 Å². The summed E-state index contributed by atoms with van der Waals surface area (Å²) in [5.41, 5.74) is 1.36. The number of carbonyl (C=O) groups excluding carboxylic acids is 1. The van der Waals surface area contributed by atoms with Crippen LogP contribution in [0.1, 0.15) is 24.2 Å². The van der Waals surface area contributed by atoms with Crippen molar-refractivity contribution in [3.63, 3.8) is 0 Å². The second-order valence-electron chi connectivity index (χ2n) is 4.95. The standard InChI is InChI=1S/C17H18ClNO2/c1-12(2)19(14-7-5-4-6-8-14)17(20)15-10-9-13(18)11-16(15)21-3/h4-12H,1-3H3. The third-order valence-electron chi connectivity index (χ3n) is 3.16. The summed E-state index contributed by atoms with van der Waals surface area (Å²) in [4.78, 5) is 14.6. The summed E-state index contributed by atoms with van der Waals surface area (Å²) in [6, 6.07) is 14.7. The van der Waals surface area contributed by atoms with Crippen LogP contribution in [-0.2, 0) is 0 Å². The van der Waals surface area contributed by atoms with Gasteiger partial charge in [-0.2, -0.15) is 0 Å². The van der Waals surface area contributed by atoms with E-state index in [1.54, 1.807) is 23.1 Å². The molecule has 2 rings (SSSR count). The Labute approximate surface area is 130 Å². The van der Waals surface area contributed by atoms with Gasteiger partial charge in [-0.1, -0.05) is 29.8 Å². The number of ether oxygens (including phenoxy) is 1. The largest absolute Gasteiger partial charge is 0.496 e. The van der Waals surface area contributed by atoms with Crippen molar-refractivity contribution in [3.05, 3.63) is 59.1 Å². The molecule has 0 aliphatic rings. The Hall–Kier alpha value is -2.00. The van der Waals surface area contributed by atoms with E-state index in [1.165, 1.54) is 7.11 Å². The van der Waals surface area contributed by atoms with Crippen molar-refractivity contribution in [1.29, 1.82) is 0 Å². The van der Waals surface area contributed by atoms with Gasteiger partial charge in [0.05, 0.1) is 12.7 Å². The van der Waals surface area contributed by atoms with Crippen LogP contribution in [0.4, 0.5) is 5.69 Å². The highest BCUT2D eigenvalue weighted by atomic mass is 35.5. The summed E-state index contributed by atoms with van der Waals surface area (Å²) in [6.45, 7) is 3.96. The van der Waals surface area contributed by atoms with E-state index < -0.39 is 0 Å². The molecule has 0 aliphatic heterocycles. The zero-order valence-electron chi connectivity index (χ0n) is 12.3. The Bertz CT molecular complexity index is 626. The van der Waals surface area contributed by atoms with E-state index in [0.717, 1.165) is 5.69 Å². The minimum atomic E-state index is -0.107. The van der Waals surface area contributed by atoms with Gasteiger partial charge in [0.25, 0.3) is 5.91 Å². The molecule has 0 unspecified atom stereocenters. The van der Waals surface area contributed by atoms with Crippen molar-refractivity contribution in [2.45, 2.75) is 19.9 Å². The number of amides is 1. The fourth-order valence-electron chi connectivity index (χ4n) is 2.21. The van der Waals surface area contributed by atoms with Gasteiger partial charge in [-0.3, -0.25) is 4.79 Å². The predicted molar refractivity (Wildman–Crippen MR) is 86.4 cm³/mol. The van der Waals surface area contributed by atoms with Crippen LogP contribution in [0.5, 0.6) is 5.75 Å². The zero-order chi connectivity index (χ0) is 15.4. The Morgan fingerprint density at radius 1 is 1.14 bits per heavy atom. The molecule has 0 spiro atoms. The molecule has 1 amide bonds. The number of methoxy groups -OCH3 is 1. The molecule has 0 bridgehead atoms. The van der Waals surface area contributed by atoms with Crippen LogP contribution in [0.2, 0.25) is 5.02 Å². The van der Waals surface area contributed by atoms with Crippen molar-refractivity contribution in [3.8, 4) is 5.75 Å². The van der Waals surface area contributed by atoms with Crippen molar-refractivity contribution < 1.29 is 9.53 Å². The van der Waals surface area contributed by atoms with Gasteiger partial charge in [-0.25, -0.2) is 0 Å². The lowest BCUT2D eigenvalue weighted by Gasteiger charge is -2.27. The predicted octanol–water partition coefficient (Wildman–Crippen LogP) is 4.40. The van der Waals surface area contributed by atoms with Gasteiger partial charge >= 0.3 is 0 Å². The molecule has 110 valence electrons. The quantitative estimate of drug-likeness (QED) is 0.837. The maximum atomic E-state index is 12.9. The minimum Gasteiger partial charge on any atom is -0.496 e. The molecule has 0 heterocycles. The molecule has 21 heavy (non-hydrogen) atoms. The topological polar surface area (TPSA) is 29.5 Å². The lowest BCUT2D eigenvalue weighted by molar-refractivity contribution is 0.0977. The van der Waals surface area contributed by atoms with Crippen molar-refractivity contribution >= 4 is 23.2 Å². The number of benzene rings is 2. The summed E-state index contributed by atoms with van der Waals surface area (Å²) < 4.78 is 5.28. The first-order valence-corrected chi connectivity index (χ1v) is 7.14. The Morgan fingerprint density at radius 3 is 2.38 bits per heavy atom. The molecule has 0 aliphatic carbocycles. The van der Waals surface area contributed by atoms with Crippen molar-refractivity contribution in [2.24, 2.45) is 0 Å². The summed E-state index contributed by atoms with van der Waals surface area (Å²) in [6.07, 6.45) is 0. The van der Waals surface area contributed by atoms with Crippen molar-refractivity contribution in [1.82, 2.24) is 0 Å². The van der Waals surface area contributed by atoms with Crippen LogP contribution in [0, 0.1) is 0 Å². The number of halogens is 1. The van der Waals surface area contributed by atoms with Gasteiger partial charge in [0.1, 0.15) is 5.75 Å². The third kappa shape index (κ3) is 3.37. The highest BCUT2D eigenvalue weighted by molar-refractivity contribution is 6.31. The number of carbonyl (C=O) groups is 1. The first kappa shape index (κ1) is 15.4. The first-order valence-electron chi connectivity index (χ1n) is 6.76. The third-order valence-corrected chi connectivity index (χ3v) is 3.40. The highest BCUT2D eigenvalue weighted by Gasteiger charge is 2.23. The van der Waals surface area contributed by atoms with E-state index in [0.29, 0.717) is 16.3 Å². The molecule has 0 saturated carbocycles. The van der Waals surface area contributed by atoms with Gasteiger partial charge in [0, 0.05) is 16.8 Å². The molecule has 0 N–H and O–H groups in total. The second kappa shape index (κ2) is 6.64. The van der Waals surface area contributed by atoms with Crippen LogP contribution >= 0.6 is 11.6 Å². The maximum absolute atomic E-state index is 12.9. The van der Waals surface area contributed by atoms with E-state index >= 15 is 0 Å². The van der Waals surface area contributed by atoms with Crippen LogP contribution in [0.25, 0.3) is 0 Å². The molecule has 2 aromatic rings. The Morgan fingerprint density at radius 2 is 1.81 bits per heavy atom. The highest BCUT2D eigenvalue weighted by Crippen LogP contribution is 2.27. The smallest absolute Gasteiger partial charge is 0.262 e. The second-order valence-corrected chi connectivity index (χ2v) is 5.39. The van der Waals surface area contributed by atoms with E-state index in [9.17, 15) is 4.79 Å². The lowest BCUT2D eigenvalue weighted by atomic mass is 10.1. The fraction of sp³-hybridized carbons (Fsp3) is 0.235. The number of hydrogen-bond donors (Lipinski definition) is 0. The lowest BCUT2D eigenvalue weighted by Crippen LogP contribution is -2.37. The summed E-state index contributed by atoms with van der Waals surface area (Å²) in [5.74, 6) is 0.374. The molecule has 0 saturated heterocycles. The number of anilines is 1. The molecule has 0 atom stereocenters. The monoisotopic (exact) mass is 303 g/mol. The summed E-state index contributed by atoms with van der Waals surface area (Å²) >= 11 is 5.95. The fourth-order valence-corrected chi connectivity index (χ4v) is 2.37. The van der Waals surface area contributed by atoms with Gasteiger partial charge in [0.2, 0.25) is 0 Å². The van der Waals surface area contributed by atoms with E-state index in [1.807, 2.05) is 44.2 Å². The summed E-state index contributed by atoms with van der Waals surface area (Å²) in [5, 5.41) is 0.541. The molecular weight excluding hydrogens is 286 g/mol. The average Bonchev–Trinajstić information content (AvgIpc) is 2.47. The zero-order valence-corrected chi connectivity index (χ0v) is 13.1. The first-order chi connectivity index (χ1) is 10.0. The molecule has 4 heteroatoms. The average molecular weight is 304 g/mol. The summed E-state index contributed by atoms with van der Waals surface area (Å²) in [7, 11) is 1.53. The Balaban J connectivity index is 2.45. The van der Waals surface area contributed by atoms with Crippen molar-refractivity contribution in [2.75, 3.05) is 12.0 Å². The Kier molecular flexibility index (Phi) is 4.86. The number of para-hydroxylation sites is 1. The van der Waals surface area contributed by atoms with Crippen LogP contribution in [0.3, 0.4) is 0 Å². The molecule has 2 aromatic carbocycles. The van der Waals surface area contributed by atoms with Crippen LogP contribution in [-0.4, -0.2) is 19.1 Å². The number of nitrogens with zero attached hydrogens (tertiary/aromatic N) is 1. The normalized spacial score (nSPS) is 10.5. The van der Waals surface area contributed by atoms with Gasteiger partial charge in [-0.15, -0.1) is 0 Å². The van der Waals surface area contributed by atoms with Crippen LogP contribution in [0.15, 0.2) is 48.5 Å². The number of hydrogen-bond acceptors (Lipinski definition) is 2.